The largest absolute Gasteiger partial charge is 0.377 e. The summed E-state index contributed by atoms with van der Waals surface area (Å²) in [4.78, 5) is 4.86. The molecule has 0 aromatic carbocycles. The highest BCUT2D eigenvalue weighted by molar-refractivity contribution is 14.0. The topological polar surface area (TPSA) is 83.0 Å². The molecular weight excluding hydrogens is 503 g/mol. The molecule has 2 atom stereocenters. The first-order chi connectivity index (χ1) is 13.2. The molecule has 0 bridgehead atoms. The van der Waals surface area contributed by atoms with Crippen molar-refractivity contribution in [2.45, 2.75) is 72.4 Å². The number of hydrogen-bond donors (Lipinski definition) is 2. The molecule has 2 aliphatic rings. The van der Waals surface area contributed by atoms with Gasteiger partial charge in [0.25, 0.3) is 0 Å². The minimum atomic E-state index is -3.08. The summed E-state index contributed by atoms with van der Waals surface area (Å²) in [7, 11) is -3.08. The number of rotatable bonds is 6. The molecule has 2 heterocycles. The number of nitrogens with zero attached hydrogens (tertiary/aromatic N) is 2. The van der Waals surface area contributed by atoms with Crippen molar-refractivity contribution >= 4 is 40.0 Å². The molecular formula is C20H41IN4O3S. The van der Waals surface area contributed by atoms with Crippen molar-refractivity contribution in [2.24, 2.45) is 16.3 Å². The predicted molar refractivity (Wildman–Crippen MR) is 131 cm³/mol. The van der Waals surface area contributed by atoms with Gasteiger partial charge in [0.05, 0.1) is 11.9 Å². The van der Waals surface area contributed by atoms with E-state index in [0.29, 0.717) is 19.0 Å². The molecule has 0 aromatic heterocycles. The lowest BCUT2D eigenvalue weighted by atomic mass is 9.78. The summed E-state index contributed by atoms with van der Waals surface area (Å²) in [6, 6.07) is 0.252. The Hall–Kier alpha value is -0.130. The van der Waals surface area contributed by atoms with Crippen molar-refractivity contribution in [3.05, 3.63) is 0 Å². The van der Waals surface area contributed by atoms with E-state index in [1.165, 1.54) is 0 Å². The van der Waals surface area contributed by atoms with Crippen LogP contribution in [0.4, 0.5) is 0 Å². The predicted octanol–water partition coefficient (Wildman–Crippen LogP) is 2.81. The minimum absolute atomic E-state index is 0. The smallest absolute Gasteiger partial charge is 0.213 e. The zero-order chi connectivity index (χ0) is 20.8. The molecule has 0 radical (unpaired) electrons. The minimum Gasteiger partial charge on any atom is -0.377 e. The molecule has 2 aliphatic heterocycles. The number of ether oxygens (including phenoxy) is 1. The molecule has 9 heteroatoms. The molecule has 2 unspecified atom stereocenters. The van der Waals surface area contributed by atoms with Crippen LogP contribution < -0.4 is 10.6 Å². The van der Waals surface area contributed by atoms with E-state index in [1.54, 1.807) is 11.2 Å². The normalized spacial score (nSPS) is 25.3. The molecule has 0 saturated carbocycles. The molecule has 2 saturated heterocycles. The Balaban J connectivity index is 0.00000420. The van der Waals surface area contributed by atoms with Gasteiger partial charge in [0, 0.05) is 44.7 Å². The Bertz CT molecular complexity index is 614. The third kappa shape index (κ3) is 8.14. The molecule has 2 N–H and O–H groups in total. The highest BCUT2D eigenvalue weighted by Crippen LogP contribution is 2.34. The van der Waals surface area contributed by atoms with Gasteiger partial charge in [0.1, 0.15) is 0 Å². The molecule has 2 fully saturated rings. The van der Waals surface area contributed by atoms with Crippen LogP contribution in [0.1, 0.15) is 60.3 Å². The molecule has 0 aliphatic carbocycles. The van der Waals surface area contributed by atoms with Crippen LogP contribution in [0.3, 0.4) is 0 Å². The first-order valence-electron chi connectivity index (χ1n) is 10.8. The van der Waals surface area contributed by atoms with E-state index < -0.39 is 10.0 Å². The zero-order valence-electron chi connectivity index (χ0n) is 18.7. The van der Waals surface area contributed by atoms with Crippen LogP contribution >= 0.6 is 24.0 Å². The Morgan fingerprint density at radius 3 is 2.38 bits per heavy atom. The SMILES string of the molecule is CCNC(=NCC1CCCOC1C(C)(C)C)NC1CCN(S(=O)(=O)CC)CC1.I. The molecule has 7 nitrogen and oxygen atoms in total. The van der Waals surface area contributed by atoms with Crippen LogP contribution in [-0.4, -0.2) is 69.4 Å². The van der Waals surface area contributed by atoms with Crippen molar-refractivity contribution < 1.29 is 13.2 Å². The van der Waals surface area contributed by atoms with Crippen LogP contribution in [0.2, 0.25) is 0 Å². The monoisotopic (exact) mass is 544 g/mol. The van der Waals surface area contributed by atoms with E-state index in [9.17, 15) is 8.42 Å². The average Bonchev–Trinajstić information content (AvgIpc) is 2.66. The summed E-state index contributed by atoms with van der Waals surface area (Å²) in [6.07, 6.45) is 4.09. The fourth-order valence-electron chi connectivity index (χ4n) is 4.17. The van der Waals surface area contributed by atoms with Crippen LogP contribution in [-0.2, 0) is 14.8 Å². The Kier molecular flexibility index (Phi) is 11.2. The Morgan fingerprint density at radius 1 is 1.17 bits per heavy atom. The van der Waals surface area contributed by atoms with Gasteiger partial charge in [-0.1, -0.05) is 20.8 Å². The van der Waals surface area contributed by atoms with Gasteiger partial charge in [-0.05, 0) is 44.9 Å². The first kappa shape index (κ1) is 26.9. The van der Waals surface area contributed by atoms with E-state index in [1.807, 2.05) is 0 Å². The maximum Gasteiger partial charge on any atom is 0.213 e. The third-order valence-electron chi connectivity index (χ3n) is 5.68. The van der Waals surface area contributed by atoms with Gasteiger partial charge >= 0.3 is 0 Å². The lowest BCUT2D eigenvalue weighted by molar-refractivity contribution is -0.0823. The number of aliphatic imine (C=N–C) groups is 1. The Labute approximate surface area is 194 Å². The fourth-order valence-corrected chi connectivity index (χ4v) is 5.30. The standard InChI is InChI=1S/C20H40N4O3S.HI/c1-6-21-19(22-15-16-9-8-14-27-18(16)20(3,4)5)23-17-10-12-24(13-11-17)28(25,26)7-2;/h16-18H,6-15H2,1-5H3,(H2,21,22,23);1H. The second-order valence-electron chi connectivity index (χ2n) is 9.00. The Morgan fingerprint density at radius 2 is 1.83 bits per heavy atom. The van der Waals surface area contributed by atoms with Crippen LogP contribution in [0.25, 0.3) is 0 Å². The van der Waals surface area contributed by atoms with Crippen molar-refractivity contribution in [3.63, 3.8) is 0 Å². The van der Waals surface area contributed by atoms with Gasteiger partial charge in [-0.25, -0.2) is 12.7 Å². The zero-order valence-corrected chi connectivity index (χ0v) is 21.9. The van der Waals surface area contributed by atoms with Crippen LogP contribution in [0.15, 0.2) is 4.99 Å². The second kappa shape index (κ2) is 12.0. The summed E-state index contributed by atoms with van der Waals surface area (Å²) in [5, 5.41) is 6.86. The van der Waals surface area contributed by atoms with Crippen LogP contribution in [0, 0.1) is 11.3 Å². The third-order valence-corrected chi connectivity index (χ3v) is 7.56. The summed E-state index contributed by atoms with van der Waals surface area (Å²) in [5.74, 6) is 1.44. The summed E-state index contributed by atoms with van der Waals surface area (Å²) >= 11 is 0. The van der Waals surface area contributed by atoms with Crippen molar-refractivity contribution in [2.75, 3.05) is 38.5 Å². The number of hydrogen-bond acceptors (Lipinski definition) is 4. The molecule has 0 aromatic rings. The molecule has 29 heavy (non-hydrogen) atoms. The van der Waals surface area contributed by atoms with E-state index in [-0.39, 0.29) is 47.3 Å². The number of guanidine groups is 1. The molecule has 0 spiro atoms. The highest BCUT2D eigenvalue weighted by atomic mass is 127. The van der Waals surface area contributed by atoms with Crippen molar-refractivity contribution in [3.8, 4) is 0 Å². The van der Waals surface area contributed by atoms with Gasteiger partial charge in [0.15, 0.2) is 5.96 Å². The van der Waals surface area contributed by atoms with Gasteiger partial charge in [-0.2, -0.15) is 0 Å². The fraction of sp³-hybridized carbons (Fsp3) is 0.950. The van der Waals surface area contributed by atoms with Crippen molar-refractivity contribution in [1.29, 1.82) is 0 Å². The summed E-state index contributed by atoms with van der Waals surface area (Å²) < 4.78 is 31.8. The van der Waals surface area contributed by atoms with E-state index in [4.69, 9.17) is 9.73 Å². The number of halogens is 1. The molecule has 0 amide bonds. The van der Waals surface area contributed by atoms with Gasteiger partial charge < -0.3 is 15.4 Å². The lowest BCUT2D eigenvalue weighted by Crippen LogP contribution is -2.50. The molecule has 172 valence electrons. The average molecular weight is 545 g/mol. The van der Waals surface area contributed by atoms with E-state index in [2.05, 4.69) is 38.3 Å². The van der Waals surface area contributed by atoms with Gasteiger partial charge in [0.2, 0.25) is 10.0 Å². The maximum absolute atomic E-state index is 12.0. The highest BCUT2D eigenvalue weighted by Gasteiger charge is 2.35. The van der Waals surface area contributed by atoms with Crippen LogP contribution in [0.5, 0.6) is 0 Å². The second-order valence-corrected chi connectivity index (χ2v) is 11.3. The molecule has 2 rings (SSSR count). The summed E-state index contributed by atoms with van der Waals surface area (Å²) in [5.41, 5.74) is 0.115. The maximum atomic E-state index is 12.0. The number of nitrogens with one attached hydrogen (secondary N) is 2. The van der Waals surface area contributed by atoms with Gasteiger partial charge in [-0.3, -0.25) is 4.99 Å². The van der Waals surface area contributed by atoms with E-state index >= 15 is 0 Å². The lowest BCUT2D eigenvalue weighted by Gasteiger charge is -2.39. The quantitative estimate of drug-likeness (QED) is 0.305. The number of piperidine rings is 1. The number of sulfonamides is 1. The van der Waals surface area contributed by atoms with E-state index in [0.717, 1.165) is 51.3 Å². The van der Waals surface area contributed by atoms with Gasteiger partial charge in [-0.15, -0.1) is 24.0 Å². The van der Waals surface area contributed by atoms with Crippen molar-refractivity contribution in [1.82, 2.24) is 14.9 Å². The summed E-state index contributed by atoms with van der Waals surface area (Å²) in [6.45, 7) is 14.0. The first-order valence-corrected chi connectivity index (χ1v) is 12.4.